The third kappa shape index (κ3) is 2.57. The number of rotatable bonds is 4. The second-order valence-electron chi connectivity index (χ2n) is 7.29. The van der Waals surface area contributed by atoms with Crippen molar-refractivity contribution in [1.29, 1.82) is 0 Å². The molecule has 2 saturated carbocycles. The van der Waals surface area contributed by atoms with E-state index in [0.717, 1.165) is 24.7 Å². The minimum atomic E-state index is 0.254. The largest absolute Gasteiger partial charge is 0.329 e. The first-order chi connectivity index (χ1) is 9.16. The van der Waals surface area contributed by atoms with E-state index in [-0.39, 0.29) is 5.54 Å². The maximum Gasteiger partial charge on any atom is 0.0473 e. The molecule has 1 heterocycles. The van der Waals surface area contributed by atoms with E-state index in [4.69, 9.17) is 5.73 Å². The van der Waals surface area contributed by atoms with Crippen molar-refractivity contribution in [2.75, 3.05) is 20.1 Å². The zero-order chi connectivity index (χ0) is 13.5. The van der Waals surface area contributed by atoms with Crippen LogP contribution in [0.2, 0.25) is 0 Å². The van der Waals surface area contributed by atoms with E-state index in [1.807, 2.05) is 0 Å². The van der Waals surface area contributed by atoms with Gasteiger partial charge in [-0.15, -0.1) is 0 Å². The summed E-state index contributed by atoms with van der Waals surface area (Å²) in [5.74, 6) is 0. The van der Waals surface area contributed by atoms with Crippen LogP contribution < -0.4 is 5.73 Å². The molecule has 2 atom stereocenters. The van der Waals surface area contributed by atoms with Gasteiger partial charge in [-0.1, -0.05) is 19.3 Å². The fourth-order valence-electron chi connectivity index (χ4n) is 4.53. The third-order valence-corrected chi connectivity index (χ3v) is 5.98. The topological polar surface area (TPSA) is 32.5 Å². The Morgan fingerprint density at radius 2 is 1.84 bits per heavy atom. The Morgan fingerprint density at radius 3 is 2.42 bits per heavy atom. The van der Waals surface area contributed by atoms with Gasteiger partial charge in [0.1, 0.15) is 0 Å². The van der Waals surface area contributed by atoms with Crippen molar-refractivity contribution in [3.8, 4) is 0 Å². The molecule has 2 unspecified atom stereocenters. The Hall–Kier alpha value is -0.120. The van der Waals surface area contributed by atoms with E-state index >= 15 is 0 Å². The summed E-state index contributed by atoms with van der Waals surface area (Å²) in [5, 5.41) is 0. The second-order valence-corrected chi connectivity index (χ2v) is 7.29. The number of hydrogen-bond acceptors (Lipinski definition) is 3. The van der Waals surface area contributed by atoms with Crippen molar-refractivity contribution in [2.24, 2.45) is 5.73 Å². The summed E-state index contributed by atoms with van der Waals surface area (Å²) in [6, 6.07) is 2.38. The van der Waals surface area contributed by atoms with Gasteiger partial charge in [0.15, 0.2) is 0 Å². The van der Waals surface area contributed by atoms with Crippen molar-refractivity contribution >= 4 is 0 Å². The van der Waals surface area contributed by atoms with Crippen LogP contribution in [0.25, 0.3) is 0 Å². The van der Waals surface area contributed by atoms with E-state index < -0.39 is 0 Å². The van der Waals surface area contributed by atoms with Gasteiger partial charge in [-0.2, -0.15) is 0 Å². The Balaban J connectivity index is 1.71. The van der Waals surface area contributed by atoms with Gasteiger partial charge in [-0.25, -0.2) is 0 Å². The third-order valence-electron chi connectivity index (χ3n) is 5.98. The molecular weight excluding hydrogens is 234 g/mol. The highest BCUT2D eigenvalue weighted by atomic mass is 15.3. The monoisotopic (exact) mass is 265 g/mol. The van der Waals surface area contributed by atoms with Crippen LogP contribution in [-0.2, 0) is 0 Å². The van der Waals surface area contributed by atoms with Gasteiger partial charge in [0, 0.05) is 36.8 Å². The molecule has 2 aliphatic carbocycles. The molecule has 3 aliphatic rings. The standard InChI is InChI=1S/C16H31N3/c1-13-10-16(11-17,12-19(13)15-8-9-15)18(2)14-6-4-3-5-7-14/h13-15H,3-12,17H2,1-2H3. The molecule has 3 nitrogen and oxygen atoms in total. The maximum absolute atomic E-state index is 6.25. The predicted octanol–water partition coefficient (Wildman–Crippen LogP) is 2.20. The first kappa shape index (κ1) is 13.8. The lowest BCUT2D eigenvalue weighted by atomic mass is 9.87. The summed E-state index contributed by atoms with van der Waals surface area (Å²) in [7, 11) is 2.35. The van der Waals surface area contributed by atoms with Crippen molar-refractivity contribution in [1.82, 2.24) is 9.80 Å². The van der Waals surface area contributed by atoms with Gasteiger partial charge in [0.25, 0.3) is 0 Å². The lowest BCUT2D eigenvalue weighted by Gasteiger charge is -2.44. The first-order valence-electron chi connectivity index (χ1n) is 8.35. The van der Waals surface area contributed by atoms with Crippen molar-refractivity contribution in [3.63, 3.8) is 0 Å². The molecule has 0 amide bonds. The molecule has 1 aliphatic heterocycles. The lowest BCUT2D eigenvalue weighted by Crippen LogP contribution is -2.58. The smallest absolute Gasteiger partial charge is 0.0473 e. The zero-order valence-electron chi connectivity index (χ0n) is 12.8. The molecule has 19 heavy (non-hydrogen) atoms. The number of nitrogens with zero attached hydrogens (tertiary/aromatic N) is 2. The first-order valence-corrected chi connectivity index (χ1v) is 8.35. The highest BCUT2D eigenvalue weighted by molar-refractivity contribution is 5.07. The van der Waals surface area contributed by atoms with Crippen LogP contribution in [0.5, 0.6) is 0 Å². The minimum Gasteiger partial charge on any atom is -0.329 e. The summed E-state index contributed by atoms with van der Waals surface area (Å²) in [6.07, 6.45) is 11.1. The van der Waals surface area contributed by atoms with Gasteiger partial charge in [-0.3, -0.25) is 9.80 Å². The summed E-state index contributed by atoms with van der Waals surface area (Å²) in [4.78, 5) is 5.43. The van der Waals surface area contributed by atoms with E-state index in [1.165, 1.54) is 57.9 Å². The summed E-state index contributed by atoms with van der Waals surface area (Å²) >= 11 is 0. The minimum absolute atomic E-state index is 0.254. The van der Waals surface area contributed by atoms with Gasteiger partial charge < -0.3 is 5.73 Å². The summed E-state index contributed by atoms with van der Waals surface area (Å²) in [5.41, 5.74) is 6.51. The van der Waals surface area contributed by atoms with Crippen molar-refractivity contribution < 1.29 is 0 Å². The predicted molar refractivity (Wildman–Crippen MR) is 80.2 cm³/mol. The second kappa shape index (κ2) is 5.34. The fraction of sp³-hybridized carbons (Fsp3) is 1.00. The van der Waals surface area contributed by atoms with Crippen LogP contribution in [-0.4, -0.2) is 53.6 Å². The average molecular weight is 265 g/mol. The average Bonchev–Trinajstić information content (AvgIpc) is 3.23. The Bertz CT molecular complexity index is 309. The van der Waals surface area contributed by atoms with E-state index in [2.05, 4.69) is 23.8 Å². The normalized spacial score (nSPS) is 38.2. The molecule has 0 aromatic heterocycles. The number of likely N-dealkylation sites (N-methyl/N-ethyl adjacent to an activating group) is 1. The Kier molecular flexibility index (Phi) is 3.89. The summed E-state index contributed by atoms with van der Waals surface area (Å²) < 4.78 is 0. The Labute approximate surface area is 118 Å². The molecule has 3 rings (SSSR count). The fourth-order valence-corrected chi connectivity index (χ4v) is 4.53. The molecule has 1 saturated heterocycles. The number of likely N-dealkylation sites (tertiary alicyclic amines) is 1. The van der Waals surface area contributed by atoms with Crippen LogP contribution in [0, 0.1) is 0 Å². The molecule has 0 bridgehead atoms. The van der Waals surface area contributed by atoms with Crippen LogP contribution >= 0.6 is 0 Å². The Morgan fingerprint density at radius 1 is 1.16 bits per heavy atom. The molecule has 0 spiro atoms. The van der Waals surface area contributed by atoms with Crippen LogP contribution in [0.3, 0.4) is 0 Å². The molecule has 110 valence electrons. The van der Waals surface area contributed by atoms with Gasteiger partial charge in [-0.05, 0) is 46.1 Å². The van der Waals surface area contributed by atoms with Crippen LogP contribution in [0.15, 0.2) is 0 Å². The zero-order valence-corrected chi connectivity index (χ0v) is 12.8. The molecule has 3 heteroatoms. The van der Waals surface area contributed by atoms with Crippen LogP contribution in [0.1, 0.15) is 58.3 Å². The summed E-state index contributed by atoms with van der Waals surface area (Å²) in [6.45, 7) is 4.44. The number of nitrogens with two attached hydrogens (primary N) is 1. The molecule has 0 aromatic rings. The van der Waals surface area contributed by atoms with Gasteiger partial charge in [0.05, 0.1) is 0 Å². The van der Waals surface area contributed by atoms with Crippen molar-refractivity contribution in [2.45, 2.75) is 82.0 Å². The quantitative estimate of drug-likeness (QED) is 0.846. The van der Waals surface area contributed by atoms with Gasteiger partial charge in [0.2, 0.25) is 0 Å². The SMILES string of the molecule is CC1CC(CN)(N(C)C2CCCCC2)CN1C1CC1. The molecule has 2 N–H and O–H groups in total. The number of hydrogen-bond donors (Lipinski definition) is 1. The highest BCUT2D eigenvalue weighted by Crippen LogP contribution is 2.40. The molecule has 0 aromatic carbocycles. The van der Waals surface area contributed by atoms with E-state index in [1.54, 1.807) is 0 Å². The molecule has 0 radical (unpaired) electrons. The van der Waals surface area contributed by atoms with E-state index in [9.17, 15) is 0 Å². The van der Waals surface area contributed by atoms with Gasteiger partial charge >= 0.3 is 0 Å². The maximum atomic E-state index is 6.25. The molecule has 3 fully saturated rings. The van der Waals surface area contributed by atoms with E-state index in [0.29, 0.717) is 0 Å². The van der Waals surface area contributed by atoms with Crippen molar-refractivity contribution in [3.05, 3.63) is 0 Å². The van der Waals surface area contributed by atoms with Crippen LogP contribution in [0.4, 0.5) is 0 Å². The lowest BCUT2D eigenvalue weighted by molar-refractivity contribution is 0.0618. The highest BCUT2D eigenvalue weighted by Gasteiger charge is 2.49. The molecular formula is C16H31N3.